The van der Waals surface area contributed by atoms with Gasteiger partial charge in [0.2, 0.25) is 0 Å². The van der Waals surface area contributed by atoms with Crippen molar-refractivity contribution in [3.05, 3.63) is 53.6 Å². The Labute approximate surface area is 82.7 Å². The lowest BCUT2D eigenvalue weighted by Crippen LogP contribution is -1.74. The van der Waals surface area contributed by atoms with Gasteiger partial charge in [0.15, 0.2) is 6.20 Å². The lowest BCUT2D eigenvalue weighted by atomic mass is 10.1. The number of benzene rings is 1. The maximum atomic E-state index is 6.78. The van der Waals surface area contributed by atoms with E-state index in [1.54, 1.807) is 6.20 Å². The fraction of sp³-hybridized carbons (Fsp3) is 0.0833. The molecule has 1 N–H and O–H groups in total. The van der Waals surface area contributed by atoms with Crippen molar-refractivity contribution in [2.45, 2.75) is 6.92 Å². The lowest BCUT2D eigenvalue weighted by molar-refractivity contribution is 1.46. The number of fused-ring (bicyclic) bond motifs is 1. The van der Waals surface area contributed by atoms with Gasteiger partial charge in [-0.25, -0.2) is 4.85 Å². The Morgan fingerprint density at radius 2 is 2.21 bits per heavy atom. The zero-order valence-electron chi connectivity index (χ0n) is 7.91. The Morgan fingerprint density at radius 3 is 3.00 bits per heavy atom. The van der Waals surface area contributed by atoms with E-state index in [0.29, 0.717) is 0 Å². The zero-order valence-corrected chi connectivity index (χ0v) is 7.91. The van der Waals surface area contributed by atoms with E-state index in [1.807, 2.05) is 31.3 Å². The van der Waals surface area contributed by atoms with Crippen LogP contribution in [0.5, 0.6) is 0 Å². The summed E-state index contributed by atoms with van der Waals surface area (Å²) in [5.74, 6) is 0. The summed E-state index contributed by atoms with van der Waals surface area (Å²) >= 11 is 0. The van der Waals surface area contributed by atoms with Crippen LogP contribution < -0.4 is 0 Å². The van der Waals surface area contributed by atoms with Crippen molar-refractivity contribution in [3.8, 4) is 0 Å². The molecule has 0 atom stereocenters. The molecule has 2 aromatic rings. The molecule has 14 heavy (non-hydrogen) atoms. The third kappa shape index (κ3) is 1.29. The topological polar surface area (TPSA) is 20.1 Å². The van der Waals surface area contributed by atoms with E-state index in [2.05, 4.69) is 15.9 Å². The second kappa shape index (κ2) is 3.39. The normalized spacial score (nSPS) is 11.6. The fourth-order valence-electron chi connectivity index (χ4n) is 1.56. The highest BCUT2D eigenvalue weighted by atomic mass is 14.7. The SMILES string of the molecule is [C-]#[N+]/C=C(\C)c1c[nH]c2ccccc12. The van der Waals surface area contributed by atoms with Gasteiger partial charge >= 0.3 is 0 Å². The molecule has 0 unspecified atom stereocenters. The highest BCUT2D eigenvalue weighted by Crippen LogP contribution is 2.24. The van der Waals surface area contributed by atoms with E-state index >= 15 is 0 Å². The van der Waals surface area contributed by atoms with Gasteiger partial charge in [-0.2, -0.15) is 0 Å². The van der Waals surface area contributed by atoms with Gasteiger partial charge in [0.25, 0.3) is 0 Å². The van der Waals surface area contributed by atoms with Crippen molar-refractivity contribution in [1.29, 1.82) is 0 Å². The molecule has 0 bridgehead atoms. The Morgan fingerprint density at radius 1 is 1.43 bits per heavy atom. The van der Waals surface area contributed by atoms with Crippen molar-refractivity contribution >= 4 is 16.5 Å². The van der Waals surface area contributed by atoms with Crippen LogP contribution in [0.3, 0.4) is 0 Å². The molecule has 0 fully saturated rings. The molecule has 2 nitrogen and oxygen atoms in total. The molecule has 0 aliphatic rings. The fourth-order valence-corrected chi connectivity index (χ4v) is 1.56. The Hall–Kier alpha value is -2.01. The van der Waals surface area contributed by atoms with Crippen LogP contribution in [0.4, 0.5) is 0 Å². The quantitative estimate of drug-likeness (QED) is 0.652. The van der Waals surface area contributed by atoms with Gasteiger partial charge in [-0.3, -0.25) is 0 Å². The summed E-state index contributed by atoms with van der Waals surface area (Å²) in [6.07, 6.45) is 3.50. The van der Waals surface area contributed by atoms with E-state index in [1.165, 1.54) is 5.39 Å². The molecule has 0 saturated heterocycles. The van der Waals surface area contributed by atoms with E-state index in [0.717, 1.165) is 16.7 Å². The number of H-pyrrole nitrogens is 1. The van der Waals surface area contributed by atoms with E-state index in [9.17, 15) is 0 Å². The summed E-state index contributed by atoms with van der Waals surface area (Å²) in [6.45, 7) is 8.73. The minimum absolute atomic E-state index is 0.998. The number of allylic oxidation sites excluding steroid dienone is 1. The highest BCUT2D eigenvalue weighted by Gasteiger charge is 2.02. The van der Waals surface area contributed by atoms with Crippen LogP contribution in [-0.2, 0) is 0 Å². The average molecular weight is 182 g/mol. The zero-order chi connectivity index (χ0) is 9.97. The molecular formula is C12H10N2. The molecular weight excluding hydrogens is 172 g/mol. The van der Waals surface area contributed by atoms with Gasteiger partial charge in [-0.1, -0.05) is 18.2 Å². The molecule has 2 heteroatoms. The molecule has 2 rings (SSSR count). The monoisotopic (exact) mass is 182 g/mol. The van der Waals surface area contributed by atoms with Crippen LogP contribution in [0.2, 0.25) is 0 Å². The van der Waals surface area contributed by atoms with E-state index in [4.69, 9.17) is 6.57 Å². The summed E-state index contributed by atoms with van der Waals surface area (Å²) in [6, 6.07) is 8.09. The maximum Gasteiger partial charge on any atom is 0.157 e. The number of hydrogen-bond donors (Lipinski definition) is 1. The summed E-state index contributed by atoms with van der Waals surface area (Å²) in [7, 11) is 0. The summed E-state index contributed by atoms with van der Waals surface area (Å²) in [5.41, 5.74) is 3.22. The van der Waals surface area contributed by atoms with Gasteiger partial charge in [-0.05, 0) is 24.1 Å². The Bertz CT molecular complexity index is 526. The van der Waals surface area contributed by atoms with Crippen LogP contribution in [0, 0.1) is 6.57 Å². The molecule has 0 saturated carbocycles. The number of hydrogen-bond acceptors (Lipinski definition) is 0. The maximum absolute atomic E-state index is 6.78. The molecule has 0 radical (unpaired) electrons. The molecule has 1 aromatic heterocycles. The summed E-state index contributed by atoms with van der Waals surface area (Å²) in [4.78, 5) is 6.46. The number of rotatable bonds is 1. The smallest absolute Gasteiger partial charge is 0.157 e. The Kier molecular flexibility index (Phi) is 2.08. The van der Waals surface area contributed by atoms with E-state index in [-0.39, 0.29) is 0 Å². The van der Waals surface area contributed by atoms with Crippen molar-refractivity contribution < 1.29 is 0 Å². The Balaban J connectivity index is 2.65. The van der Waals surface area contributed by atoms with Crippen molar-refractivity contribution in [2.24, 2.45) is 0 Å². The predicted octanol–water partition coefficient (Wildman–Crippen LogP) is 3.45. The van der Waals surface area contributed by atoms with Gasteiger partial charge in [0.1, 0.15) is 0 Å². The van der Waals surface area contributed by atoms with Crippen molar-refractivity contribution in [2.75, 3.05) is 0 Å². The predicted molar refractivity (Wildman–Crippen MR) is 58.6 cm³/mol. The molecule has 0 amide bonds. The van der Waals surface area contributed by atoms with Gasteiger partial charge in [0, 0.05) is 17.1 Å². The molecule has 0 spiro atoms. The second-order valence-corrected chi connectivity index (χ2v) is 3.19. The van der Waals surface area contributed by atoms with Gasteiger partial charge < -0.3 is 4.98 Å². The number of nitrogens with zero attached hydrogens (tertiary/aromatic N) is 1. The number of nitrogens with one attached hydrogen (secondary N) is 1. The molecule has 1 heterocycles. The lowest BCUT2D eigenvalue weighted by Gasteiger charge is -1.96. The van der Waals surface area contributed by atoms with Crippen molar-refractivity contribution in [3.63, 3.8) is 0 Å². The van der Waals surface area contributed by atoms with Crippen LogP contribution in [-0.4, -0.2) is 4.98 Å². The van der Waals surface area contributed by atoms with Crippen LogP contribution >= 0.6 is 0 Å². The second-order valence-electron chi connectivity index (χ2n) is 3.19. The first-order valence-electron chi connectivity index (χ1n) is 4.43. The van der Waals surface area contributed by atoms with E-state index < -0.39 is 0 Å². The standard InChI is InChI=1S/C12H10N2/c1-9(7-13-2)11-8-14-12-6-4-3-5-10(11)12/h3-8,14H,1H3/b9-7+. The van der Waals surface area contributed by atoms with Crippen LogP contribution in [0.1, 0.15) is 12.5 Å². The summed E-state index contributed by atoms with van der Waals surface area (Å²) in [5, 5.41) is 1.17. The number of aromatic amines is 1. The number of aromatic nitrogens is 1. The minimum atomic E-state index is 0.998. The molecule has 1 aromatic carbocycles. The largest absolute Gasteiger partial charge is 0.361 e. The van der Waals surface area contributed by atoms with Crippen LogP contribution in [0.25, 0.3) is 21.3 Å². The first-order valence-corrected chi connectivity index (χ1v) is 4.43. The number of para-hydroxylation sites is 1. The molecule has 68 valence electrons. The third-order valence-corrected chi connectivity index (χ3v) is 2.27. The van der Waals surface area contributed by atoms with Gasteiger partial charge in [0.05, 0.1) is 6.57 Å². The van der Waals surface area contributed by atoms with Crippen LogP contribution in [0.15, 0.2) is 36.7 Å². The molecule has 0 aliphatic carbocycles. The average Bonchev–Trinajstić information content (AvgIpc) is 2.61. The van der Waals surface area contributed by atoms with Gasteiger partial charge in [-0.15, -0.1) is 0 Å². The molecule has 0 aliphatic heterocycles. The highest BCUT2D eigenvalue weighted by molar-refractivity contribution is 5.92. The third-order valence-electron chi connectivity index (χ3n) is 2.27. The first kappa shape index (κ1) is 8.58. The van der Waals surface area contributed by atoms with Crippen molar-refractivity contribution in [1.82, 2.24) is 4.98 Å². The summed E-state index contributed by atoms with van der Waals surface area (Å²) < 4.78 is 0. The minimum Gasteiger partial charge on any atom is -0.361 e. The first-order chi connectivity index (χ1) is 6.83.